The first-order valence-corrected chi connectivity index (χ1v) is 5.73. The number of hydrogen-bond acceptors (Lipinski definition) is 1. The van der Waals surface area contributed by atoms with E-state index in [-0.39, 0.29) is 17.5 Å². The van der Waals surface area contributed by atoms with Crippen molar-refractivity contribution in [3.8, 4) is 0 Å². The first kappa shape index (κ1) is 13.1. The Kier molecular flexibility index (Phi) is 4.41. The quantitative estimate of drug-likeness (QED) is 0.851. The monoisotopic (exact) mass is 291 g/mol. The smallest absolute Gasteiger partial charge is 0.238 e. The molecule has 0 aliphatic carbocycles. The second-order valence-electron chi connectivity index (χ2n) is 3.76. The van der Waals surface area contributed by atoms with Crippen LogP contribution in [0.2, 0.25) is 0 Å². The van der Waals surface area contributed by atoms with Crippen molar-refractivity contribution >= 4 is 27.5 Å². The highest BCUT2D eigenvalue weighted by Gasteiger charge is 2.19. The van der Waals surface area contributed by atoms with E-state index in [9.17, 15) is 13.6 Å². The molecule has 0 saturated carbocycles. The van der Waals surface area contributed by atoms with Crippen LogP contribution in [0.4, 0.5) is 14.5 Å². The Morgan fingerprint density at radius 2 is 2.00 bits per heavy atom. The SMILES string of the molecule is CC(C)C(Br)C(=O)Nc1cc(F)ccc1F. The second-order valence-corrected chi connectivity index (χ2v) is 4.75. The molecule has 1 aromatic carbocycles. The lowest BCUT2D eigenvalue weighted by molar-refractivity contribution is -0.116. The highest BCUT2D eigenvalue weighted by molar-refractivity contribution is 9.10. The summed E-state index contributed by atoms with van der Waals surface area (Å²) in [4.78, 5) is 11.1. The number of anilines is 1. The van der Waals surface area contributed by atoms with E-state index in [0.717, 1.165) is 18.2 Å². The average molecular weight is 292 g/mol. The van der Waals surface area contributed by atoms with Crippen LogP contribution in [0.1, 0.15) is 13.8 Å². The van der Waals surface area contributed by atoms with Crippen LogP contribution in [0.5, 0.6) is 0 Å². The Hall–Kier alpha value is -0.970. The van der Waals surface area contributed by atoms with Crippen LogP contribution in [-0.4, -0.2) is 10.7 Å². The zero-order valence-corrected chi connectivity index (χ0v) is 10.5. The van der Waals surface area contributed by atoms with Gasteiger partial charge in [-0.1, -0.05) is 29.8 Å². The number of amides is 1. The molecule has 1 atom stereocenters. The van der Waals surface area contributed by atoms with E-state index >= 15 is 0 Å². The number of rotatable bonds is 3. The second kappa shape index (κ2) is 5.39. The fraction of sp³-hybridized carbons (Fsp3) is 0.364. The van der Waals surface area contributed by atoms with E-state index in [1.807, 2.05) is 13.8 Å². The molecule has 1 unspecified atom stereocenters. The van der Waals surface area contributed by atoms with Crippen molar-refractivity contribution in [1.29, 1.82) is 0 Å². The molecule has 1 rings (SSSR count). The molecule has 0 aromatic heterocycles. The third kappa shape index (κ3) is 3.27. The summed E-state index contributed by atoms with van der Waals surface area (Å²) in [7, 11) is 0. The topological polar surface area (TPSA) is 29.1 Å². The molecule has 1 aromatic rings. The first-order valence-electron chi connectivity index (χ1n) is 4.82. The zero-order chi connectivity index (χ0) is 12.3. The third-order valence-electron chi connectivity index (χ3n) is 2.02. The standard InChI is InChI=1S/C11H12BrF2NO/c1-6(2)10(12)11(16)15-9-5-7(13)3-4-8(9)14/h3-6,10H,1-2H3,(H,15,16). The summed E-state index contributed by atoms with van der Waals surface area (Å²) in [6, 6.07) is 2.93. The summed E-state index contributed by atoms with van der Waals surface area (Å²) in [5.74, 6) is -1.57. The Balaban J connectivity index is 2.80. The lowest BCUT2D eigenvalue weighted by atomic mass is 10.1. The van der Waals surface area contributed by atoms with Gasteiger partial charge in [-0.05, 0) is 18.1 Å². The van der Waals surface area contributed by atoms with Crippen LogP contribution in [0.15, 0.2) is 18.2 Å². The summed E-state index contributed by atoms with van der Waals surface area (Å²) in [5, 5.41) is 2.33. The van der Waals surface area contributed by atoms with Gasteiger partial charge in [0.2, 0.25) is 5.91 Å². The van der Waals surface area contributed by atoms with Crippen molar-refractivity contribution in [2.75, 3.05) is 5.32 Å². The maximum Gasteiger partial charge on any atom is 0.238 e. The number of nitrogens with one attached hydrogen (secondary N) is 1. The summed E-state index contributed by atoms with van der Waals surface area (Å²) in [6.07, 6.45) is 0. The van der Waals surface area contributed by atoms with Gasteiger partial charge in [-0.2, -0.15) is 0 Å². The van der Waals surface area contributed by atoms with E-state index in [1.165, 1.54) is 0 Å². The third-order valence-corrected chi connectivity index (χ3v) is 3.50. The number of alkyl halides is 1. The van der Waals surface area contributed by atoms with Crippen molar-refractivity contribution in [3.63, 3.8) is 0 Å². The number of halogens is 3. The number of carbonyl (C=O) groups excluding carboxylic acids is 1. The number of hydrogen-bond donors (Lipinski definition) is 1. The largest absolute Gasteiger partial charge is 0.323 e. The van der Waals surface area contributed by atoms with Gasteiger partial charge in [0, 0.05) is 6.07 Å². The molecular weight excluding hydrogens is 280 g/mol. The van der Waals surface area contributed by atoms with Gasteiger partial charge in [-0.25, -0.2) is 8.78 Å². The predicted molar refractivity (Wildman–Crippen MR) is 62.5 cm³/mol. The Morgan fingerprint density at radius 3 is 2.56 bits per heavy atom. The lowest BCUT2D eigenvalue weighted by Gasteiger charge is -2.14. The molecule has 0 bridgehead atoms. The molecule has 1 N–H and O–H groups in total. The van der Waals surface area contributed by atoms with Crippen molar-refractivity contribution in [2.45, 2.75) is 18.7 Å². The molecule has 0 saturated heterocycles. The normalized spacial score (nSPS) is 12.6. The van der Waals surface area contributed by atoms with Gasteiger partial charge >= 0.3 is 0 Å². The minimum absolute atomic E-state index is 0.0663. The molecule has 5 heteroatoms. The van der Waals surface area contributed by atoms with Crippen LogP contribution in [0.3, 0.4) is 0 Å². The van der Waals surface area contributed by atoms with Gasteiger partial charge in [0.05, 0.1) is 10.5 Å². The van der Waals surface area contributed by atoms with Gasteiger partial charge in [-0.3, -0.25) is 4.79 Å². The molecule has 0 heterocycles. The van der Waals surface area contributed by atoms with Gasteiger partial charge in [-0.15, -0.1) is 0 Å². The lowest BCUT2D eigenvalue weighted by Crippen LogP contribution is -2.27. The molecule has 0 aliphatic heterocycles. The molecule has 88 valence electrons. The van der Waals surface area contributed by atoms with E-state index in [0.29, 0.717) is 0 Å². The molecule has 0 spiro atoms. The van der Waals surface area contributed by atoms with Crippen molar-refractivity contribution < 1.29 is 13.6 Å². The molecular formula is C11H12BrF2NO. The minimum Gasteiger partial charge on any atom is -0.323 e. The Bertz CT molecular complexity index is 396. The highest BCUT2D eigenvalue weighted by Crippen LogP contribution is 2.18. The average Bonchev–Trinajstić information content (AvgIpc) is 2.22. The van der Waals surface area contributed by atoms with Gasteiger partial charge in [0.15, 0.2) is 0 Å². The summed E-state index contributed by atoms with van der Waals surface area (Å²) >= 11 is 3.18. The van der Waals surface area contributed by atoms with E-state index in [2.05, 4.69) is 21.2 Å². The van der Waals surface area contributed by atoms with E-state index in [1.54, 1.807) is 0 Å². The molecule has 16 heavy (non-hydrogen) atoms. The van der Waals surface area contributed by atoms with E-state index < -0.39 is 16.5 Å². The number of benzene rings is 1. The van der Waals surface area contributed by atoms with Crippen molar-refractivity contribution in [3.05, 3.63) is 29.8 Å². The molecule has 1 amide bonds. The predicted octanol–water partition coefficient (Wildman–Crippen LogP) is 3.32. The fourth-order valence-corrected chi connectivity index (χ4v) is 1.21. The minimum atomic E-state index is -0.654. The summed E-state index contributed by atoms with van der Waals surface area (Å²) < 4.78 is 26.0. The first-order chi connectivity index (χ1) is 7.41. The molecule has 0 fully saturated rings. The van der Waals surface area contributed by atoms with E-state index in [4.69, 9.17) is 0 Å². The highest BCUT2D eigenvalue weighted by atomic mass is 79.9. The van der Waals surface area contributed by atoms with Gasteiger partial charge in [0.25, 0.3) is 0 Å². The van der Waals surface area contributed by atoms with Crippen molar-refractivity contribution in [1.82, 2.24) is 0 Å². The Morgan fingerprint density at radius 1 is 1.38 bits per heavy atom. The fourth-order valence-electron chi connectivity index (χ4n) is 1.10. The van der Waals surface area contributed by atoms with Crippen LogP contribution < -0.4 is 5.32 Å². The Labute approximate surface area is 101 Å². The summed E-state index contributed by atoms with van der Waals surface area (Å²) in [6.45, 7) is 3.70. The zero-order valence-electron chi connectivity index (χ0n) is 8.93. The van der Waals surface area contributed by atoms with Crippen LogP contribution >= 0.6 is 15.9 Å². The molecule has 0 radical (unpaired) electrons. The maximum atomic E-state index is 13.2. The number of carbonyl (C=O) groups is 1. The van der Waals surface area contributed by atoms with Crippen LogP contribution in [0, 0.1) is 17.6 Å². The van der Waals surface area contributed by atoms with Gasteiger partial charge in [0.1, 0.15) is 11.6 Å². The summed E-state index contributed by atoms with van der Waals surface area (Å²) in [5.41, 5.74) is -0.143. The maximum absolute atomic E-state index is 13.2. The van der Waals surface area contributed by atoms with Gasteiger partial charge < -0.3 is 5.32 Å². The molecule has 0 aliphatic rings. The van der Waals surface area contributed by atoms with Crippen LogP contribution in [-0.2, 0) is 4.79 Å². The van der Waals surface area contributed by atoms with Crippen molar-refractivity contribution in [2.24, 2.45) is 5.92 Å². The molecule has 2 nitrogen and oxygen atoms in total. The van der Waals surface area contributed by atoms with Crippen LogP contribution in [0.25, 0.3) is 0 Å².